The predicted molar refractivity (Wildman–Crippen MR) is 69.3 cm³/mol. The van der Waals surface area contributed by atoms with Gasteiger partial charge < -0.3 is 14.8 Å². The Hall–Kier alpha value is -1.42. The maximum Gasteiger partial charge on any atom is 0.251 e. The van der Waals surface area contributed by atoms with Crippen molar-refractivity contribution in [3.63, 3.8) is 0 Å². The molecule has 1 atom stereocenters. The largest absolute Gasteiger partial charge is 0.454 e. The highest BCUT2D eigenvalue weighted by atomic mass is 35.5. The van der Waals surface area contributed by atoms with Crippen molar-refractivity contribution in [1.29, 1.82) is 0 Å². The molecule has 5 heteroatoms. The zero-order chi connectivity index (χ0) is 13.3. The smallest absolute Gasteiger partial charge is 0.251 e. The Kier molecular flexibility index (Phi) is 3.66. The van der Waals surface area contributed by atoms with Crippen LogP contribution in [0.15, 0.2) is 12.1 Å². The summed E-state index contributed by atoms with van der Waals surface area (Å²) >= 11 is 6.03. The van der Waals surface area contributed by atoms with Gasteiger partial charge in [0.1, 0.15) is 0 Å². The van der Waals surface area contributed by atoms with Gasteiger partial charge in [0, 0.05) is 11.6 Å². The molecule has 0 bridgehead atoms. The van der Waals surface area contributed by atoms with Crippen LogP contribution in [0.3, 0.4) is 0 Å². The van der Waals surface area contributed by atoms with E-state index in [2.05, 4.69) is 19.2 Å². The molecule has 0 aromatic heterocycles. The minimum atomic E-state index is -0.156. The minimum absolute atomic E-state index is 0.0988. The molecule has 4 nitrogen and oxygen atoms in total. The molecule has 1 aliphatic heterocycles. The minimum Gasteiger partial charge on any atom is -0.454 e. The second-order valence-electron chi connectivity index (χ2n) is 4.70. The monoisotopic (exact) mass is 269 g/mol. The maximum atomic E-state index is 12.0. The van der Waals surface area contributed by atoms with Gasteiger partial charge in [-0.25, -0.2) is 0 Å². The van der Waals surface area contributed by atoms with Crippen molar-refractivity contribution < 1.29 is 14.3 Å². The average Bonchev–Trinajstić information content (AvgIpc) is 2.77. The molecule has 1 amide bonds. The number of ether oxygens (including phenoxy) is 2. The first-order valence-electron chi connectivity index (χ1n) is 5.89. The van der Waals surface area contributed by atoms with Crippen LogP contribution in [0.5, 0.6) is 11.5 Å². The molecule has 0 spiro atoms. The molecule has 98 valence electrons. The van der Waals surface area contributed by atoms with Gasteiger partial charge in [-0.3, -0.25) is 4.79 Å². The Morgan fingerprint density at radius 1 is 1.33 bits per heavy atom. The van der Waals surface area contributed by atoms with Crippen LogP contribution in [0, 0.1) is 5.92 Å². The first-order valence-corrected chi connectivity index (χ1v) is 6.27. The molecule has 1 heterocycles. The first kappa shape index (κ1) is 13.0. The Morgan fingerprint density at radius 2 is 2.06 bits per heavy atom. The van der Waals surface area contributed by atoms with E-state index in [-0.39, 0.29) is 18.7 Å². The summed E-state index contributed by atoms with van der Waals surface area (Å²) in [6, 6.07) is 3.34. The fourth-order valence-corrected chi connectivity index (χ4v) is 1.82. The third-order valence-corrected chi connectivity index (χ3v) is 3.33. The number of hydrogen-bond donors (Lipinski definition) is 1. The van der Waals surface area contributed by atoms with Crippen molar-refractivity contribution in [1.82, 2.24) is 5.32 Å². The Bertz CT molecular complexity index is 474. The normalized spacial score (nSPS) is 14.7. The van der Waals surface area contributed by atoms with E-state index in [1.807, 2.05) is 6.92 Å². The van der Waals surface area contributed by atoms with Crippen LogP contribution in [0.2, 0.25) is 5.02 Å². The lowest BCUT2D eigenvalue weighted by Crippen LogP contribution is -2.36. The van der Waals surface area contributed by atoms with Gasteiger partial charge in [0.2, 0.25) is 6.79 Å². The van der Waals surface area contributed by atoms with Gasteiger partial charge in [-0.15, -0.1) is 0 Å². The lowest BCUT2D eigenvalue weighted by Gasteiger charge is -2.17. The number of fused-ring (bicyclic) bond motifs is 1. The van der Waals surface area contributed by atoms with Crippen molar-refractivity contribution in [2.24, 2.45) is 5.92 Å². The van der Waals surface area contributed by atoms with E-state index in [4.69, 9.17) is 21.1 Å². The Labute approximate surface area is 111 Å². The molecule has 0 fully saturated rings. The van der Waals surface area contributed by atoms with Crippen molar-refractivity contribution in [3.8, 4) is 11.5 Å². The number of rotatable bonds is 3. The molecular formula is C13H16ClNO3. The Balaban J connectivity index is 2.19. The standard InChI is InChI=1S/C13H16ClNO3/c1-7(2)8(3)15-13(16)9-4-10(14)12-11(5-9)17-6-18-12/h4-5,7-8H,6H2,1-3H3,(H,15,16)/t8-/m0/s1. The molecule has 1 N–H and O–H groups in total. The van der Waals surface area contributed by atoms with Crippen LogP contribution < -0.4 is 14.8 Å². The quantitative estimate of drug-likeness (QED) is 0.918. The number of carbonyl (C=O) groups excluding carboxylic acids is 1. The first-order chi connectivity index (χ1) is 8.49. The molecule has 1 aliphatic rings. The number of amides is 1. The van der Waals surface area contributed by atoms with E-state index in [9.17, 15) is 4.79 Å². The molecule has 2 rings (SSSR count). The molecule has 0 saturated carbocycles. The highest BCUT2D eigenvalue weighted by molar-refractivity contribution is 6.32. The molecule has 0 aliphatic carbocycles. The number of hydrogen-bond acceptors (Lipinski definition) is 3. The van der Waals surface area contributed by atoms with E-state index in [1.54, 1.807) is 12.1 Å². The molecule has 18 heavy (non-hydrogen) atoms. The third kappa shape index (κ3) is 2.53. The highest BCUT2D eigenvalue weighted by Gasteiger charge is 2.21. The lowest BCUT2D eigenvalue weighted by atomic mass is 10.1. The summed E-state index contributed by atoms with van der Waals surface area (Å²) in [6.45, 7) is 6.22. The topological polar surface area (TPSA) is 47.6 Å². The van der Waals surface area contributed by atoms with Crippen molar-refractivity contribution >= 4 is 17.5 Å². The third-order valence-electron chi connectivity index (χ3n) is 3.05. The van der Waals surface area contributed by atoms with Gasteiger partial charge in [0.25, 0.3) is 5.91 Å². The van der Waals surface area contributed by atoms with E-state index < -0.39 is 0 Å². The summed E-state index contributed by atoms with van der Waals surface area (Å²) < 4.78 is 10.4. The summed E-state index contributed by atoms with van der Waals surface area (Å²) in [5, 5.41) is 3.32. The van der Waals surface area contributed by atoms with Crippen molar-refractivity contribution in [2.45, 2.75) is 26.8 Å². The van der Waals surface area contributed by atoms with Crippen molar-refractivity contribution in [2.75, 3.05) is 6.79 Å². The fourth-order valence-electron chi connectivity index (χ4n) is 1.56. The lowest BCUT2D eigenvalue weighted by molar-refractivity contribution is 0.0930. The summed E-state index contributed by atoms with van der Waals surface area (Å²) in [6.07, 6.45) is 0. The van der Waals surface area contributed by atoms with Gasteiger partial charge >= 0.3 is 0 Å². The second kappa shape index (κ2) is 5.06. The fraction of sp³-hybridized carbons (Fsp3) is 0.462. The van der Waals surface area contributed by atoms with Crippen molar-refractivity contribution in [3.05, 3.63) is 22.7 Å². The predicted octanol–water partition coefficient (Wildman–Crippen LogP) is 2.84. The SMILES string of the molecule is CC(C)[C@H](C)NC(=O)c1cc(Cl)c2c(c1)OCO2. The van der Waals surface area contributed by atoms with Gasteiger partial charge in [-0.05, 0) is 25.0 Å². The van der Waals surface area contributed by atoms with Crippen LogP contribution in [-0.2, 0) is 0 Å². The second-order valence-corrected chi connectivity index (χ2v) is 5.11. The van der Waals surface area contributed by atoms with E-state index >= 15 is 0 Å². The van der Waals surface area contributed by atoms with Crippen LogP contribution in [0.4, 0.5) is 0 Å². The molecule has 1 aromatic carbocycles. The highest BCUT2D eigenvalue weighted by Crippen LogP contribution is 2.39. The molecule has 0 unspecified atom stereocenters. The van der Waals surface area contributed by atoms with Gasteiger partial charge in [0.05, 0.1) is 5.02 Å². The summed E-state index contributed by atoms with van der Waals surface area (Å²) in [5.41, 5.74) is 0.483. The molecular weight excluding hydrogens is 254 g/mol. The van der Waals surface area contributed by atoms with Crippen LogP contribution in [0.25, 0.3) is 0 Å². The Morgan fingerprint density at radius 3 is 2.72 bits per heavy atom. The maximum absolute atomic E-state index is 12.0. The number of halogens is 1. The van der Waals surface area contributed by atoms with E-state index in [1.165, 1.54) is 0 Å². The zero-order valence-corrected chi connectivity index (χ0v) is 11.4. The van der Waals surface area contributed by atoms with E-state index in [0.29, 0.717) is 28.0 Å². The van der Waals surface area contributed by atoms with Gasteiger partial charge in [-0.1, -0.05) is 25.4 Å². The van der Waals surface area contributed by atoms with E-state index in [0.717, 1.165) is 0 Å². The molecule has 0 saturated heterocycles. The summed E-state index contributed by atoms with van der Waals surface area (Å²) in [5.74, 6) is 1.24. The van der Waals surface area contributed by atoms with Crippen LogP contribution >= 0.6 is 11.6 Å². The number of carbonyl (C=O) groups is 1. The van der Waals surface area contributed by atoms with Gasteiger partial charge in [0.15, 0.2) is 11.5 Å². The molecule has 0 radical (unpaired) electrons. The van der Waals surface area contributed by atoms with Crippen LogP contribution in [-0.4, -0.2) is 18.7 Å². The zero-order valence-electron chi connectivity index (χ0n) is 10.6. The summed E-state index contributed by atoms with van der Waals surface area (Å²) in [7, 11) is 0. The van der Waals surface area contributed by atoms with Gasteiger partial charge in [-0.2, -0.15) is 0 Å². The average molecular weight is 270 g/mol. The summed E-state index contributed by atoms with van der Waals surface area (Å²) in [4.78, 5) is 12.0. The number of nitrogens with one attached hydrogen (secondary N) is 1. The molecule has 1 aromatic rings. The number of benzene rings is 1. The van der Waals surface area contributed by atoms with Crippen LogP contribution in [0.1, 0.15) is 31.1 Å².